The Hall–Kier alpha value is -2.08. The largest absolute Gasteiger partial charge is 0.378 e. The molecule has 0 spiro atoms. The first kappa shape index (κ1) is 17.7. The molecule has 1 aromatic carbocycles. The van der Waals surface area contributed by atoms with Crippen LogP contribution in [-0.4, -0.2) is 48.6 Å². The van der Waals surface area contributed by atoms with E-state index in [0.29, 0.717) is 32.3 Å². The maximum absolute atomic E-state index is 13.2. The van der Waals surface area contributed by atoms with Crippen molar-refractivity contribution in [1.82, 2.24) is 4.90 Å². The minimum Gasteiger partial charge on any atom is -0.378 e. The number of carbonyl (C=O) groups is 1. The van der Waals surface area contributed by atoms with Crippen LogP contribution >= 0.6 is 0 Å². The normalized spacial score (nSPS) is 21.0. The van der Waals surface area contributed by atoms with Crippen LogP contribution in [-0.2, 0) is 9.53 Å². The lowest BCUT2D eigenvalue weighted by Crippen LogP contribution is -2.53. The second-order valence-electron chi connectivity index (χ2n) is 6.98. The van der Waals surface area contributed by atoms with E-state index in [1.54, 1.807) is 0 Å². The van der Waals surface area contributed by atoms with Crippen LogP contribution in [0.15, 0.2) is 29.3 Å². The summed E-state index contributed by atoms with van der Waals surface area (Å²) in [6.45, 7) is 4.52. The molecule has 1 amide bonds. The summed E-state index contributed by atoms with van der Waals surface area (Å²) in [7, 11) is 0. The van der Waals surface area contributed by atoms with Gasteiger partial charge in [-0.1, -0.05) is 37.0 Å². The number of hydrogen-bond donors (Lipinski definition) is 2. The Bertz CT molecular complexity index is 615. The second-order valence-corrected chi connectivity index (χ2v) is 6.98. The number of ether oxygens (including phenoxy) is 1. The minimum atomic E-state index is -0.725. The van der Waals surface area contributed by atoms with Gasteiger partial charge in [-0.2, -0.15) is 0 Å². The van der Waals surface area contributed by atoms with E-state index in [9.17, 15) is 4.79 Å². The first-order valence-corrected chi connectivity index (χ1v) is 9.15. The van der Waals surface area contributed by atoms with Gasteiger partial charge in [0.2, 0.25) is 0 Å². The van der Waals surface area contributed by atoms with Crippen LogP contribution in [0.3, 0.4) is 0 Å². The van der Waals surface area contributed by atoms with E-state index in [1.807, 2.05) is 36.1 Å². The molecule has 1 saturated heterocycles. The maximum atomic E-state index is 13.2. The lowest BCUT2D eigenvalue weighted by Gasteiger charge is -2.38. The maximum Gasteiger partial charge on any atom is 0.250 e. The number of benzene rings is 1. The molecule has 6 nitrogen and oxygen atoms in total. The van der Waals surface area contributed by atoms with Crippen molar-refractivity contribution in [3.05, 3.63) is 29.8 Å². The fourth-order valence-electron chi connectivity index (χ4n) is 3.61. The van der Waals surface area contributed by atoms with Crippen molar-refractivity contribution in [2.75, 3.05) is 31.6 Å². The topological polar surface area (TPSA) is 79.9 Å². The van der Waals surface area contributed by atoms with Crippen molar-refractivity contribution in [3.8, 4) is 0 Å². The van der Waals surface area contributed by atoms with Gasteiger partial charge >= 0.3 is 0 Å². The molecule has 0 unspecified atom stereocenters. The molecule has 0 atom stereocenters. The zero-order valence-electron chi connectivity index (χ0n) is 15.0. The van der Waals surface area contributed by atoms with Gasteiger partial charge < -0.3 is 20.7 Å². The third kappa shape index (κ3) is 4.31. The van der Waals surface area contributed by atoms with E-state index in [0.717, 1.165) is 37.8 Å². The molecule has 2 aliphatic rings. The number of guanidine groups is 1. The van der Waals surface area contributed by atoms with E-state index in [-0.39, 0.29) is 5.91 Å². The van der Waals surface area contributed by atoms with Gasteiger partial charge in [-0.15, -0.1) is 0 Å². The molecule has 1 aliphatic carbocycles. The van der Waals surface area contributed by atoms with Crippen LogP contribution in [0.2, 0.25) is 0 Å². The fourth-order valence-corrected chi connectivity index (χ4v) is 3.61. The number of aliphatic imine (C=N–C) groups is 1. The zero-order valence-corrected chi connectivity index (χ0v) is 15.0. The van der Waals surface area contributed by atoms with Crippen molar-refractivity contribution < 1.29 is 9.53 Å². The third-order valence-electron chi connectivity index (χ3n) is 5.04. The van der Waals surface area contributed by atoms with Crippen molar-refractivity contribution in [1.29, 1.82) is 0 Å². The number of hydrogen-bond acceptors (Lipinski definition) is 3. The molecule has 1 aromatic rings. The minimum absolute atomic E-state index is 0.101. The van der Waals surface area contributed by atoms with Gasteiger partial charge in [0.25, 0.3) is 5.91 Å². The van der Waals surface area contributed by atoms with Crippen molar-refractivity contribution in [3.63, 3.8) is 0 Å². The molecule has 136 valence electrons. The van der Waals surface area contributed by atoms with Crippen LogP contribution in [0.5, 0.6) is 0 Å². The zero-order chi connectivity index (χ0) is 17.7. The number of amides is 1. The summed E-state index contributed by atoms with van der Waals surface area (Å²) in [6, 6.07) is 7.97. The highest BCUT2D eigenvalue weighted by atomic mass is 16.5. The van der Waals surface area contributed by atoms with Gasteiger partial charge in [-0.3, -0.25) is 4.79 Å². The summed E-state index contributed by atoms with van der Waals surface area (Å²) in [5.41, 5.74) is 7.52. The summed E-state index contributed by atoms with van der Waals surface area (Å²) in [5, 5.41) is 3.13. The predicted molar refractivity (Wildman–Crippen MR) is 99.6 cm³/mol. The van der Waals surface area contributed by atoms with Gasteiger partial charge in [-0.25, -0.2) is 4.99 Å². The second kappa shape index (κ2) is 7.87. The van der Waals surface area contributed by atoms with Crippen molar-refractivity contribution >= 4 is 17.6 Å². The highest BCUT2D eigenvalue weighted by molar-refractivity contribution is 5.96. The molecule has 3 rings (SSSR count). The molecular formula is C19H28N4O2. The average Bonchev–Trinajstić information content (AvgIpc) is 2.64. The predicted octanol–water partition coefficient (Wildman–Crippen LogP) is 2.28. The van der Waals surface area contributed by atoms with Crippen molar-refractivity contribution in [2.45, 2.75) is 44.6 Å². The van der Waals surface area contributed by atoms with Crippen molar-refractivity contribution in [2.24, 2.45) is 10.7 Å². The monoisotopic (exact) mass is 344 g/mol. The molecule has 6 heteroatoms. The van der Waals surface area contributed by atoms with Crippen LogP contribution in [0.1, 0.15) is 37.7 Å². The van der Waals surface area contributed by atoms with Crippen LogP contribution in [0.25, 0.3) is 0 Å². The lowest BCUT2D eigenvalue weighted by atomic mass is 9.81. The number of nitrogens with zero attached hydrogens (tertiary/aromatic N) is 2. The van der Waals surface area contributed by atoms with E-state index < -0.39 is 5.54 Å². The first-order chi connectivity index (χ1) is 12.1. The van der Waals surface area contributed by atoms with Gasteiger partial charge in [0.15, 0.2) is 5.96 Å². The molecule has 0 radical (unpaired) electrons. The highest BCUT2D eigenvalue weighted by Gasteiger charge is 2.42. The molecule has 0 aromatic heterocycles. The molecule has 1 saturated carbocycles. The quantitative estimate of drug-likeness (QED) is 0.651. The molecule has 1 aliphatic heterocycles. The number of anilines is 1. The number of nitrogens with one attached hydrogen (secondary N) is 1. The molecular weight excluding hydrogens is 316 g/mol. The number of carbonyl (C=O) groups excluding carboxylic acids is 1. The highest BCUT2D eigenvalue weighted by Crippen LogP contribution is 2.34. The van der Waals surface area contributed by atoms with Crippen LogP contribution in [0.4, 0.5) is 5.69 Å². The fraction of sp³-hybridized carbons (Fsp3) is 0.579. The molecule has 3 N–H and O–H groups in total. The SMILES string of the molecule is Cc1ccc(NC(N)=NC2(C(=O)N3CCOCC3)CCCCC2)cc1. The summed E-state index contributed by atoms with van der Waals surface area (Å²) in [6.07, 6.45) is 4.70. The van der Waals surface area contributed by atoms with Gasteiger partial charge in [0.1, 0.15) is 5.54 Å². The van der Waals surface area contributed by atoms with Gasteiger partial charge in [-0.05, 0) is 31.9 Å². The Morgan fingerprint density at radius 3 is 2.44 bits per heavy atom. The third-order valence-corrected chi connectivity index (χ3v) is 5.04. The lowest BCUT2D eigenvalue weighted by molar-refractivity contribution is -0.142. The molecule has 25 heavy (non-hydrogen) atoms. The van der Waals surface area contributed by atoms with Crippen LogP contribution in [0, 0.1) is 6.92 Å². The molecule has 2 fully saturated rings. The Labute approximate surface area is 149 Å². The molecule has 0 bridgehead atoms. The first-order valence-electron chi connectivity index (χ1n) is 9.15. The Balaban J connectivity index is 1.78. The number of morpholine rings is 1. The van der Waals surface area contributed by atoms with Crippen LogP contribution < -0.4 is 11.1 Å². The van der Waals surface area contributed by atoms with E-state index in [4.69, 9.17) is 15.5 Å². The van der Waals surface area contributed by atoms with Gasteiger partial charge in [0, 0.05) is 18.8 Å². The van der Waals surface area contributed by atoms with E-state index in [1.165, 1.54) is 5.56 Å². The standard InChI is InChI=1S/C19H28N4O2/c1-15-5-7-16(8-6-15)21-18(20)22-19(9-3-2-4-10-19)17(24)23-11-13-25-14-12-23/h5-8H,2-4,9-14H2,1H3,(H3,20,21,22). The summed E-state index contributed by atoms with van der Waals surface area (Å²) < 4.78 is 5.37. The smallest absolute Gasteiger partial charge is 0.250 e. The average molecular weight is 344 g/mol. The Morgan fingerprint density at radius 1 is 1.16 bits per heavy atom. The summed E-state index contributed by atoms with van der Waals surface area (Å²) in [4.78, 5) is 19.8. The Morgan fingerprint density at radius 2 is 1.80 bits per heavy atom. The summed E-state index contributed by atoms with van der Waals surface area (Å²) in [5.74, 6) is 0.413. The number of nitrogens with two attached hydrogens (primary N) is 1. The van der Waals surface area contributed by atoms with Gasteiger partial charge in [0.05, 0.1) is 13.2 Å². The number of rotatable bonds is 3. The molecule has 1 heterocycles. The summed E-state index contributed by atoms with van der Waals surface area (Å²) >= 11 is 0. The van der Waals surface area contributed by atoms with E-state index >= 15 is 0 Å². The number of aryl methyl sites for hydroxylation is 1. The van der Waals surface area contributed by atoms with E-state index in [2.05, 4.69) is 5.32 Å². The Kier molecular flexibility index (Phi) is 5.58.